The number of nitrogen functional groups attached to an aromatic ring is 1. The van der Waals surface area contributed by atoms with E-state index in [4.69, 9.17) is 17.3 Å². The monoisotopic (exact) mass is 219 g/mol. The largest absolute Gasteiger partial charge is 0.508 e. The summed E-state index contributed by atoms with van der Waals surface area (Å²) < 4.78 is 0. The van der Waals surface area contributed by atoms with Gasteiger partial charge in [-0.15, -0.1) is 0 Å². The lowest BCUT2D eigenvalue weighted by atomic mass is 10.1. The maximum atomic E-state index is 9.35. The van der Waals surface area contributed by atoms with E-state index in [-0.39, 0.29) is 5.75 Å². The molecule has 0 spiro atoms. The van der Waals surface area contributed by atoms with E-state index in [1.54, 1.807) is 24.3 Å². The molecule has 0 aliphatic heterocycles. The van der Waals surface area contributed by atoms with Gasteiger partial charge in [0.25, 0.3) is 0 Å². The van der Waals surface area contributed by atoms with Gasteiger partial charge in [-0.1, -0.05) is 23.7 Å². The molecule has 0 heterocycles. The quantitative estimate of drug-likeness (QED) is 0.723. The molecule has 0 saturated carbocycles. The number of rotatable bonds is 1. The molecule has 2 nitrogen and oxygen atoms in total. The second-order valence-electron chi connectivity index (χ2n) is 3.32. The first-order valence-corrected chi connectivity index (χ1v) is 4.88. The van der Waals surface area contributed by atoms with Crippen LogP contribution in [0.25, 0.3) is 11.1 Å². The summed E-state index contributed by atoms with van der Waals surface area (Å²) in [5.41, 5.74) is 8.09. The highest BCUT2D eigenvalue weighted by Gasteiger charge is 2.01. The van der Waals surface area contributed by atoms with Crippen LogP contribution in [0, 0.1) is 0 Å². The highest BCUT2D eigenvalue weighted by Crippen LogP contribution is 2.27. The Hall–Kier alpha value is -1.67. The smallest absolute Gasteiger partial charge is 0.116 e. The van der Waals surface area contributed by atoms with Crippen molar-refractivity contribution in [3.8, 4) is 16.9 Å². The van der Waals surface area contributed by atoms with Crippen molar-refractivity contribution in [2.24, 2.45) is 0 Å². The summed E-state index contributed by atoms with van der Waals surface area (Å²) in [5, 5.41) is 9.94. The third-order valence-corrected chi connectivity index (χ3v) is 2.32. The van der Waals surface area contributed by atoms with Crippen molar-refractivity contribution in [2.75, 3.05) is 5.73 Å². The van der Waals surface area contributed by atoms with Crippen molar-refractivity contribution < 1.29 is 5.11 Å². The number of phenols is 1. The minimum Gasteiger partial charge on any atom is -0.508 e. The van der Waals surface area contributed by atoms with Gasteiger partial charge < -0.3 is 10.8 Å². The van der Waals surface area contributed by atoms with Crippen LogP contribution in [-0.4, -0.2) is 5.11 Å². The SMILES string of the molecule is Nc1cc(Cl)cc(-c2cccc(O)c2)c1. The summed E-state index contributed by atoms with van der Waals surface area (Å²) in [5.74, 6) is 0.228. The summed E-state index contributed by atoms with van der Waals surface area (Å²) >= 11 is 5.90. The lowest BCUT2D eigenvalue weighted by molar-refractivity contribution is 0.475. The van der Waals surface area contributed by atoms with E-state index in [1.807, 2.05) is 18.2 Å². The molecule has 0 unspecified atom stereocenters. The van der Waals surface area contributed by atoms with Gasteiger partial charge in [-0.25, -0.2) is 0 Å². The first-order chi connectivity index (χ1) is 7.15. The molecule has 0 amide bonds. The number of phenolic OH excluding ortho intramolecular Hbond substituents is 1. The Bertz CT molecular complexity index is 476. The molecule has 15 heavy (non-hydrogen) atoms. The van der Waals surface area contributed by atoms with E-state index < -0.39 is 0 Å². The topological polar surface area (TPSA) is 46.2 Å². The second kappa shape index (κ2) is 3.83. The fraction of sp³-hybridized carbons (Fsp3) is 0. The number of nitrogens with two attached hydrogens (primary N) is 1. The Morgan fingerprint density at radius 2 is 1.80 bits per heavy atom. The zero-order valence-corrected chi connectivity index (χ0v) is 8.70. The molecule has 0 saturated heterocycles. The highest BCUT2D eigenvalue weighted by molar-refractivity contribution is 6.31. The van der Waals surface area contributed by atoms with Crippen LogP contribution < -0.4 is 5.73 Å². The summed E-state index contributed by atoms with van der Waals surface area (Å²) in [7, 11) is 0. The van der Waals surface area contributed by atoms with Crippen LogP contribution in [0.5, 0.6) is 5.75 Å². The predicted molar refractivity (Wildman–Crippen MR) is 63.0 cm³/mol. The van der Waals surface area contributed by atoms with Crippen molar-refractivity contribution in [1.29, 1.82) is 0 Å². The van der Waals surface area contributed by atoms with Gasteiger partial charge in [-0.3, -0.25) is 0 Å². The number of halogens is 1. The molecule has 0 atom stereocenters. The zero-order valence-electron chi connectivity index (χ0n) is 7.94. The summed E-state index contributed by atoms with van der Waals surface area (Å²) in [6.07, 6.45) is 0. The lowest BCUT2D eigenvalue weighted by Gasteiger charge is -2.04. The molecule has 2 aromatic rings. The van der Waals surface area contributed by atoms with Gasteiger partial charge in [0.2, 0.25) is 0 Å². The van der Waals surface area contributed by atoms with E-state index >= 15 is 0 Å². The van der Waals surface area contributed by atoms with Crippen LogP contribution in [0.2, 0.25) is 5.02 Å². The van der Waals surface area contributed by atoms with Crippen molar-refractivity contribution in [3.05, 3.63) is 47.5 Å². The van der Waals surface area contributed by atoms with Crippen LogP contribution >= 0.6 is 11.6 Å². The first-order valence-electron chi connectivity index (χ1n) is 4.50. The van der Waals surface area contributed by atoms with Gasteiger partial charge in [0.05, 0.1) is 0 Å². The number of anilines is 1. The van der Waals surface area contributed by atoms with Crippen molar-refractivity contribution in [3.63, 3.8) is 0 Å². The summed E-state index contributed by atoms with van der Waals surface area (Å²) in [6, 6.07) is 12.3. The zero-order chi connectivity index (χ0) is 10.8. The molecule has 76 valence electrons. The number of aromatic hydroxyl groups is 1. The molecule has 0 radical (unpaired) electrons. The molecule has 3 heteroatoms. The average molecular weight is 220 g/mol. The van der Waals surface area contributed by atoms with E-state index in [1.165, 1.54) is 0 Å². The van der Waals surface area contributed by atoms with Crippen LogP contribution in [-0.2, 0) is 0 Å². The second-order valence-corrected chi connectivity index (χ2v) is 3.76. The van der Waals surface area contributed by atoms with Gasteiger partial charge in [0.1, 0.15) is 5.75 Å². The summed E-state index contributed by atoms with van der Waals surface area (Å²) in [4.78, 5) is 0. The van der Waals surface area contributed by atoms with Crippen LogP contribution in [0.4, 0.5) is 5.69 Å². The number of hydrogen-bond acceptors (Lipinski definition) is 2. The number of hydrogen-bond donors (Lipinski definition) is 2. The summed E-state index contributed by atoms with van der Waals surface area (Å²) in [6.45, 7) is 0. The van der Waals surface area contributed by atoms with E-state index in [2.05, 4.69) is 0 Å². The van der Waals surface area contributed by atoms with Gasteiger partial charge in [-0.2, -0.15) is 0 Å². The predicted octanol–water partition coefficient (Wildman–Crippen LogP) is 3.29. The Labute approximate surface area is 92.9 Å². The third-order valence-electron chi connectivity index (χ3n) is 2.10. The lowest BCUT2D eigenvalue weighted by Crippen LogP contribution is -1.86. The molecular weight excluding hydrogens is 210 g/mol. The Balaban J connectivity index is 2.54. The maximum absolute atomic E-state index is 9.35. The highest BCUT2D eigenvalue weighted by atomic mass is 35.5. The molecule has 0 aliphatic rings. The molecule has 0 bridgehead atoms. The van der Waals surface area contributed by atoms with E-state index in [9.17, 15) is 5.11 Å². The standard InChI is InChI=1S/C12H10ClNO/c13-10-4-9(5-11(14)7-10)8-2-1-3-12(15)6-8/h1-7,15H,14H2. The fourth-order valence-electron chi connectivity index (χ4n) is 1.46. The Kier molecular flexibility index (Phi) is 2.52. The molecule has 2 aromatic carbocycles. The molecule has 3 N–H and O–H groups in total. The minimum absolute atomic E-state index is 0.228. The fourth-order valence-corrected chi connectivity index (χ4v) is 1.71. The Morgan fingerprint density at radius 3 is 2.47 bits per heavy atom. The van der Waals surface area contributed by atoms with E-state index in [0.29, 0.717) is 10.7 Å². The van der Waals surface area contributed by atoms with Crippen molar-refractivity contribution >= 4 is 17.3 Å². The molecular formula is C12H10ClNO. The van der Waals surface area contributed by atoms with Gasteiger partial charge in [0.15, 0.2) is 0 Å². The maximum Gasteiger partial charge on any atom is 0.116 e. The molecule has 0 aliphatic carbocycles. The third kappa shape index (κ3) is 2.22. The van der Waals surface area contributed by atoms with Crippen LogP contribution in [0.3, 0.4) is 0 Å². The molecule has 2 rings (SSSR count). The Morgan fingerprint density at radius 1 is 1.00 bits per heavy atom. The molecule has 0 fully saturated rings. The van der Waals surface area contributed by atoms with E-state index in [0.717, 1.165) is 11.1 Å². The number of benzene rings is 2. The van der Waals surface area contributed by atoms with Crippen LogP contribution in [0.1, 0.15) is 0 Å². The minimum atomic E-state index is 0.228. The molecule has 0 aromatic heterocycles. The average Bonchev–Trinajstić information content (AvgIpc) is 2.16. The first kappa shape index (κ1) is 9.87. The van der Waals surface area contributed by atoms with Gasteiger partial charge >= 0.3 is 0 Å². The van der Waals surface area contributed by atoms with Crippen LogP contribution in [0.15, 0.2) is 42.5 Å². The van der Waals surface area contributed by atoms with Crippen molar-refractivity contribution in [2.45, 2.75) is 0 Å². The normalized spacial score (nSPS) is 10.2. The van der Waals surface area contributed by atoms with Gasteiger partial charge in [-0.05, 0) is 41.5 Å². The van der Waals surface area contributed by atoms with Crippen molar-refractivity contribution in [1.82, 2.24) is 0 Å². The van der Waals surface area contributed by atoms with Gasteiger partial charge in [0, 0.05) is 10.7 Å².